The van der Waals surface area contributed by atoms with Gasteiger partial charge >= 0.3 is 0 Å². The summed E-state index contributed by atoms with van der Waals surface area (Å²) in [5, 5.41) is 3.21. The van der Waals surface area contributed by atoms with Gasteiger partial charge in [-0.2, -0.15) is 0 Å². The van der Waals surface area contributed by atoms with Gasteiger partial charge in [0.15, 0.2) is 0 Å². The first-order valence-corrected chi connectivity index (χ1v) is 11.9. The molecule has 1 heterocycles. The zero-order valence-corrected chi connectivity index (χ0v) is 19.3. The fourth-order valence-corrected chi connectivity index (χ4v) is 4.81. The lowest BCUT2D eigenvalue weighted by molar-refractivity contribution is 0.0910. The topological polar surface area (TPSA) is 32.3 Å². The highest BCUT2D eigenvalue weighted by atomic mass is 79.9. The highest BCUT2D eigenvalue weighted by Crippen LogP contribution is 2.28. The van der Waals surface area contributed by atoms with Crippen molar-refractivity contribution < 1.29 is 4.79 Å². The minimum atomic E-state index is 0.0213. The van der Waals surface area contributed by atoms with E-state index in [1.54, 1.807) is 0 Å². The number of nitrogens with zero attached hydrogens (tertiary/aromatic N) is 1. The Hall–Kier alpha value is -2.43. The lowest BCUT2D eigenvalue weighted by Crippen LogP contribution is -2.45. The molecule has 1 aliphatic rings. The standard InChI is InChI=1S/C27H29BrN2O/c28-24-13-7-12-23(20-24)27(31)29-25-14-17-30(18-15-25)19-16-26(21-8-3-1-4-9-21)22-10-5-2-6-11-22/h1-13,20,25-26H,14-19H2,(H,29,31). The molecule has 0 unspecified atom stereocenters. The summed E-state index contributed by atoms with van der Waals surface area (Å²) in [6.45, 7) is 3.13. The third kappa shape index (κ3) is 6.05. The minimum Gasteiger partial charge on any atom is -0.349 e. The molecule has 4 heteroatoms. The Bertz CT molecular complexity index is 929. The molecule has 1 fully saturated rings. The van der Waals surface area contributed by atoms with Gasteiger partial charge in [-0.3, -0.25) is 4.79 Å². The molecular weight excluding hydrogens is 448 g/mol. The zero-order chi connectivity index (χ0) is 21.5. The summed E-state index contributed by atoms with van der Waals surface area (Å²) < 4.78 is 0.932. The minimum absolute atomic E-state index is 0.0213. The zero-order valence-electron chi connectivity index (χ0n) is 17.7. The first-order valence-electron chi connectivity index (χ1n) is 11.1. The van der Waals surface area contributed by atoms with Gasteiger partial charge in [-0.1, -0.05) is 82.7 Å². The van der Waals surface area contributed by atoms with E-state index in [1.807, 2.05) is 24.3 Å². The van der Waals surface area contributed by atoms with E-state index in [1.165, 1.54) is 11.1 Å². The van der Waals surface area contributed by atoms with Crippen molar-refractivity contribution >= 4 is 21.8 Å². The van der Waals surface area contributed by atoms with Crippen LogP contribution in [0.25, 0.3) is 0 Å². The van der Waals surface area contributed by atoms with Gasteiger partial charge in [0.1, 0.15) is 0 Å². The molecule has 31 heavy (non-hydrogen) atoms. The van der Waals surface area contributed by atoms with Crippen LogP contribution in [0.1, 0.15) is 46.7 Å². The van der Waals surface area contributed by atoms with Gasteiger partial charge in [0.25, 0.3) is 5.91 Å². The molecule has 1 saturated heterocycles. The van der Waals surface area contributed by atoms with Crippen molar-refractivity contribution in [1.82, 2.24) is 10.2 Å². The van der Waals surface area contributed by atoms with Crippen LogP contribution in [0.2, 0.25) is 0 Å². The Morgan fingerprint density at radius 2 is 1.52 bits per heavy atom. The number of hydrogen-bond acceptors (Lipinski definition) is 2. The Morgan fingerprint density at radius 1 is 0.903 bits per heavy atom. The summed E-state index contributed by atoms with van der Waals surface area (Å²) in [6, 6.07) is 29.5. The van der Waals surface area contributed by atoms with Gasteiger partial charge in [-0.15, -0.1) is 0 Å². The fraction of sp³-hybridized carbons (Fsp3) is 0.296. The van der Waals surface area contributed by atoms with Gasteiger partial charge < -0.3 is 10.2 Å². The van der Waals surface area contributed by atoms with Crippen LogP contribution in [0.3, 0.4) is 0 Å². The van der Waals surface area contributed by atoms with E-state index in [4.69, 9.17) is 0 Å². The molecule has 0 bridgehead atoms. The van der Waals surface area contributed by atoms with Crippen molar-refractivity contribution in [3.63, 3.8) is 0 Å². The molecular formula is C27H29BrN2O. The maximum atomic E-state index is 12.5. The molecule has 0 atom stereocenters. The first kappa shape index (κ1) is 21.8. The molecule has 1 N–H and O–H groups in total. The number of rotatable bonds is 7. The van der Waals surface area contributed by atoms with Crippen molar-refractivity contribution in [3.05, 3.63) is 106 Å². The Balaban J connectivity index is 1.30. The first-order chi connectivity index (χ1) is 15.2. The summed E-state index contributed by atoms with van der Waals surface area (Å²) in [4.78, 5) is 15.1. The number of halogens is 1. The van der Waals surface area contributed by atoms with E-state index in [-0.39, 0.29) is 11.9 Å². The van der Waals surface area contributed by atoms with Crippen LogP contribution < -0.4 is 5.32 Å². The average molecular weight is 477 g/mol. The second-order valence-corrected chi connectivity index (χ2v) is 9.18. The number of carbonyl (C=O) groups is 1. The number of piperidine rings is 1. The summed E-state index contributed by atoms with van der Waals surface area (Å²) in [5.74, 6) is 0.435. The Labute approximate surface area is 193 Å². The van der Waals surface area contributed by atoms with E-state index in [2.05, 4.69) is 86.8 Å². The van der Waals surface area contributed by atoms with Crippen LogP contribution in [0, 0.1) is 0 Å². The van der Waals surface area contributed by atoms with Crippen molar-refractivity contribution in [2.75, 3.05) is 19.6 Å². The van der Waals surface area contributed by atoms with Gasteiger partial charge in [-0.25, -0.2) is 0 Å². The second kappa shape index (κ2) is 10.7. The molecule has 1 aliphatic heterocycles. The third-order valence-corrected chi connectivity index (χ3v) is 6.64. The lowest BCUT2D eigenvalue weighted by Gasteiger charge is -2.33. The predicted molar refractivity (Wildman–Crippen MR) is 130 cm³/mol. The van der Waals surface area contributed by atoms with E-state index < -0.39 is 0 Å². The van der Waals surface area contributed by atoms with E-state index >= 15 is 0 Å². The quantitative estimate of drug-likeness (QED) is 0.462. The largest absolute Gasteiger partial charge is 0.349 e. The van der Waals surface area contributed by atoms with Crippen molar-refractivity contribution in [1.29, 1.82) is 0 Å². The monoisotopic (exact) mass is 476 g/mol. The van der Waals surface area contributed by atoms with Crippen molar-refractivity contribution in [3.8, 4) is 0 Å². The van der Waals surface area contributed by atoms with Gasteiger partial charge in [0, 0.05) is 35.1 Å². The molecule has 0 radical (unpaired) electrons. The second-order valence-electron chi connectivity index (χ2n) is 8.26. The fourth-order valence-electron chi connectivity index (χ4n) is 4.41. The van der Waals surface area contributed by atoms with Crippen molar-refractivity contribution in [2.24, 2.45) is 0 Å². The molecule has 3 nitrogen and oxygen atoms in total. The molecule has 0 aliphatic carbocycles. The molecule has 4 rings (SSSR count). The molecule has 0 aromatic heterocycles. The normalized spacial score (nSPS) is 15.2. The van der Waals surface area contributed by atoms with Crippen LogP contribution in [-0.2, 0) is 0 Å². The molecule has 0 saturated carbocycles. The number of benzene rings is 3. The van der Waals surface area contributed by atoms with Gasteiger partial charge in [0.05, 0.1) is 0 Å². The van der Waals surface area contributed by atoms with E-state index in [0.29, 0.717) is 11.5 Å². The number of amides is 1. The maximum absolute atomic E-state index is 12.5. The van der Waals surface area contributed by atoms with Crippen LogP contribution in [0.15, 0.2) is 89.4 Å². The van der Waals surface area contributed by atoms with E-state index in [0.717, 1.165) is 43.4 Å². The van der Waals surface area contributed by atoms with Gasteiger partial charge in [-0.05, 0) is 55.1 Å². The smallest absolute Gasteiger partial charge is 0.251 e. The van der Waals surface area contributed by atoms with Crippen LogP contribution >= 0.6 is 15.9 Å². The SMILES string of the molecule is O=C(NC1CCN(CCC(c2ccccc2)c2ccccc2)CC1)c1cccc(Br)c1. The van der Waals surface area contributed by atoms with Crippen LogP contribution in [-0.4, -0.2) is 36.5 Å². The highest BCUT2D eigenvalue weighted by molar-refractivity contribution is 9.10. The summed E-state index contributed by atoms with van der Waals surface area (Å²) >= 11 is 3.44. The van der Waals surface area contributed by atoms with Crippen LogP contribution in [0.5, 0.6) is 0 Å². The number of carbonyl (C=O) groups excluding carboxylic acids is 1. The highest BCUT2D eigenvalue weighted by Gasteiger charge is 2.22. The Kier molecular flexibility index (Phi) is 7.55. The molecule has 160 valence electrons. The predicted octanol–water partition coefficient (Wildman–Crippen LogP) is 5.87. The number of hydrogen-bond donors (Lipinski definition) is 1. The summed E-state index contributed by atoms with van der Waals surface area (Å²) in [7, 11) is 0. The maximum Gasteiger partial charge on any atom is 0.251 e. The summed E-state index contributed by atoms with van der Waals surface area (Å²) in [5.41, 5.74) is 3.47. The average Bonchev–Trinajstić information content (AvgIpc) is 2.82. The summed E-state index contributed by atoms with van der Waals surface area (Å²) in [6.07, 6.45) is 3.10. The number of likely N-dealkylation sites (tertiary alicyclic amines) is 1. The molecule has 0 spiro atoms. The van der Waals surface area contributed by atoms with E-state index in [9.17, 15) is 4.79 Å². The van der Waals surface area contributed by atoms with Crippen molar-refractivity contribution in [2.45, 2.75) is 31.2 Å². The van der Waals surface area contributed by atoms with Crippen LogP contribution in [0.4, 0.5) is 0 Å². The third-order valence-electron chi connectivity index (χ3n) is 6.15. The Morgan fingerprint density at radius 3 is 2.10 bits per heavy atom. The number of nitrogens with one attached hydrogen (secondary N) is 1. The molecule has 1 amide bonds. The lowest BCUT2D eigenvalue weighted by atomic mass is 9.88. The molecule has 3 aromatic carbocycles. The molecule has 3 aromatic rings. The van der Waals surface area contributed by atoms with Gasteiger partial charge in [0.2, 0.25) is 0 Å².